The third-order valence-electron chi connectivity index (χ3n) is 2.78. The summed E-state index contributed by atoms with van der Waals surface area (Å²) in [6.45, 7) is 0. The molecule has 2 aromatic rings. The minimum Gasteiger partial charge on any atom is -0.481 e. The van der Waals surface area contributed by atoms with Gasteiger partial charge >= 0.3 is 10.8 Å². The van der Waals surface area contributed by atoms with Gasteiger partial charge in [0.05, 0.1) is 10.8 Å². The smallest absolute Gasteiger partial charge is 0.311 e. The van der Waals surface area contributed by atoms with E-state index in [0.29, 0.717) is 10.4 Å². The summed E-state index contributed by atoms with van der Waals surface area (Å²) in [5, 5.41) is 19.8. The second-order valence-corrected chi connectivity index (χ2v) is 5.19. The summed E-state index contributed by atoms with van der Waals surface area (Å²) in [7, 11) is 0. The third kappa shape index (κ3) is 3.09. The molecule has 0 bridgehead atoms. The van der Waals surface area contributed by atoms with Crippen molar-refractivity contribution in [3.63, 3.8) is 0 Å². The fraction of sp³-hybridized carbons (Fsp3) is 0.167. The van der Waals surface area contributed by atoms with E-state index in [1.54, 1.807) is 0 Å². The maximum absolute atomic E-state index is 11.3. The molecule has 0 unspecified atom stereocenters. The molecule has 0 aliphatic heterocycles. The minimum absolute atomic E-state index is 0.0933. The first-order chi connectivity index (χ1) is 9.47. The average molecular weight is 294 g/mol. The molecule has 0 fully saturated rings. The van der Waals surface area contributed by atoms with Crippen LogP contribution in [0.15, 0.2) is 35.3 Å². The monoisotopic (exact) mass is 294 g/mol. The number of H-pyrrole nitrogens is 1. The molecule has 2 N–H and O–H groups in total. The van der Waals surface area contributed by atoms with Crippen molar-refractivity contribution >= 4 is 23.0 Å². The number of carbonyl (C=O) groups is 1. The summed E-state index contributed by atoms with van der Waals surface area (Å²) in [6, 6.07) is 5.38. The number of carboxylic acid groups (broad SMARTS) is 1. The van der Waals surface area contributed by atoms with E-state index in [4.69, 9.17) is 0 Å². The summed E-state index contributed by atoms with van der Waals surface area (Å²) >= 11 is 0.954. The van der Waals surface area contributed by atoms with E-state index < -0.39 is 16.8 Å². The van der Waals surface area contributed by atoms with E-state index in [1.807, 2.05) is 0 Å². The van der Waals surface area contributed by atoms with Crippen LogP contribution >= 0.6 is 11.3 Å². The van der Waals surface area contributed by atoms with Crippen molar-refractivity contribution in [3.05, 3.63) is 60.7 Å². The van der Waals surface area contributed by atoms with E-state index in [0.717, 1.165) is 11.3 Å². The number of nitro groups is 1. The van der Waals surface area contributed by atoms with Crippen LogP contribution < -0.4 is 4.87 Å². The number of aromatic amines is 1. The first-order valence-electron chi connectivity index (χ1n) is 5.62. The van der Waals surface area contributed by atoms with Crippen LogP contribution in [0.25, 0.3) is 0 Å². The highest BCUT2D eigenvalue weighted by Crippen LogP contribution is 2.24. The van der Waals surface area contributed by atoms with Gasteiger partial charge in [-0.3, -0.25) is 19.7 Å². The highest BCUT2D eigenvalue weighted by atomic mass is 32.1. The molecule has 1 atom stereocenters. The van der Waals surface area contributed by atoms with Gasteiger partial charge in [-0.2, -0.15) is 0 Å². The molecule has 8 heteroatoms. The van der Waals surface area contributed by atoms with E-state index in [-0.39, 0.29) is 17.0 Å². The summed E-state index contributed by atoms with van der Waals surface area (Å²) in [5.41, 5.74) is 0.369. The Hall–Kier alpha value is -2.48. The minimum atomic E-state index is -1.04. The Balaban J connectivity index is 2.26. The predicted octanol–water partition coefficient (Wildman–Crippen LogP) is 1.76. The Kier molecular flexibility index (Phi) is 3.94. The van der Waals surface area contributed by atoms with Crippen molar-refractivity contribution in [2.24, 2.45) is 0 Å². The topological polar surface area (TPSA) is 113 Å². The molecule has 1 heterocycles. The summed E-state index contributed by atoms with van der Waals surface area (Å²) < 4.78 is 0. The number of nitrogens with zero attached hydrogens (tertiary/aromatic N) is 1. The molecular formula is C12H10N2O5S. The first kappa shape index (κ1) is 13.9. The number of rotatable bonds is 5. The maximum Gasteiger partial charge on any atom is 0.311 e. The SMILES string of the molecule is O=C(O)[C@H](Cc1c[nH]c(=O)s1)c1ccc([N+](=O)[O-])cc1. The van der Waals surface area contributed by atoms with Crippen molar-refractivity contribution in [1.29, 1.82) is 0 Å². The number of nitrogens with one attached hydrogen (secondary N) is 1. The summed E-state index contributed by atoms with van der Waals surface area (Å²) in [5.74, 6) is -1.89. The predicted molar refractivity (Wildman–Crippen MR) is 72.1 cm³/mol. The number of aromatic nitrogens is 1. The summed E-state index contributed by atoms with van der Waals surface area (Å²) in [6.07, 6.45) is 1.64. The van der Waals surface area contributed by atoms with Crippen LogP contribution in [0.4, 0.5) is 5.69 Å². The Morgan fingerprint density at radius 1 is 1.40 bits per heavy atom. The fourth-order valence-corrected chi connectivity index (χ4v) is 2.52. The molecular weight excluding hydrogens is 284 g/mol. The van der Waals surface area contributed by atoms with Gasteiger partial charge < -0.3 is 10.1 Å². The quantitative estimate of drug-likeness (QED) is 0.644. The molecule has 7 nitrogen and oxygen atoms in total. The molecule has 20 heavy (non-hydrogen) atoms. The first-order valence-corrected chi connectivity index (χ1v) is 6.43. The number of hydrogen-bond donors (Lipinski definition) is 2. The van der Waals surface area contributed by atoms with Gasteiger partial charge in [-0.25, -0.2) is 0 Å². The molecule has 0 aliphatic carbocycles. The Morgan fingerprint density at radius 3 is 2.50 bits per heavy atom. The number of nitro benzene ring substituents is 1. The second-order valence-electron chi connectivity index (χ2n) is 4.09. The average Bonchev–Trinajstić information content (AvgIpc) is 2.81. The number of hydrogen-bond acceptors (Lipinski definition) is 5. The standard InChI is InChI=1S/C12H10N2O5S/c15-11(16)10(5-9-6-13-12(17)20-9)7-1-3-8(4-2-7)14(18)19/h1-4,6,10H,5H2,(H,13,17)(H,15,16)/t10-/m1/s1. The number of thiazole rings is 1. The van der Waals surface area contributed by atoms with Crippen LogP contribution in [0.1, 0.15) is 16.4 Å². The normalized spacial score (nSPS) is 12.0. The lowest BCUT2D eigenvalue weighted by Crippen LogP contribution is -2.14. The molecule has 104 valence electrons. The Labute approximate surface area is 116 Å². The number of aliphatic carboxylic acids is 1. The zero-order chi connectivity index (χ0) is 14.7. The zero-order valence-electron chi connectivity index (χ0n) is 10.1. The Morgan fingerprint density at radius 2 is 2.05 bits per heavy atom. The van der Waals surface area contributed by atoms with E-state index in [2.05, 4.69) is 4.98 Å². The Bertz CT molecular complexity index is 688. The van der Waals surface area contributed by atoms with E-state index in [1.165, 1.54) is 30.5 Å². The molecule has 0 saturated heterocycles. The molecule has 0 aliphatic rings. The molecule has 0 radical (unpaired) electrons. The second kappa shape index (κ2) is 5.66. The van der Waals surface area contributed by atoms with Crippen molar-refractivity contribution in [2.45, 2.75) is 12.3 Å². The fourth-order valence-electron chi connectivity index (χ4n) is 1.80. The number of benzene rings is 1. The zero-order valence-corrected chi connectivity index (χ0v) is 10.9. The van der Waals surface area contributed by atoms with Crippen LogP contribution in [0.3, 0.4) is 0 Å². The van der Waals surface area contributed by atoms with Crippen molar-refractivity contribution in [1.82, 2.24) is 4.98 Å². The highest BCUT2D eigenvalue weighted by molar-refractivity contribution is 7.09. The lowest BCUT2D eigenvalue weighted by Gasteiger charge is -2.11. The molecule has 0 amide bonds. The molecule has 1 aromatic heterocycles. The van der Waals surface area contributed by atoms with Crippen LogP contribution in [-0.2, 0) is 11.2 Å². The molecule has 1 aromatic carbocycles. The summed E-state index contributed by atoms with van der Waals surface area (Å²) in [4.78, 5) is 35.2. The van der Waals surface area contributed by atoms with Gasteiger partial charge in [0, 0.05) is 29.6 Å². The van der Waals surface area contributed by atoms with Gasteiger partial charge in [-0.1, -0.05) is 23.5 Å². The van der Waals surface area contributed by atoms with Crippen LogP contribution in [0, 0.1) is 10.1 Å². The molecule has 0 spiro atoms. The van der Waals surface area contributed by atoms with Crippen LogP contribution in [0.5, 0.6) is 0 Å². The van der Waals surface area contributed by atoms with Crippen LogP contribution in [0.2, 0.25) is 0 Å². The van der Waals surface area contributed by atoms with Gasteiger partial charge in [0.1, 0.15) is 0 Å². The van der Waals surface area contributed by atoms with E-state index >= 15 is 0 Å². The molecule has 2 rings (SSSR count). The number of carboxylic acids is 1. The van der Waals surface area contributed by atoms with Crippen molar-refractivity contribution in [2.75, 3.05) is 0 Å². The third-order valence-corrected chi connectivity index (χ3v) is 3.63. The van der Waals surface area contributed by atoms with Gasteiger partial charge in [-0.05, 0) is 5.56 Å². The van der Waals surface area contributed by atoms with Gasteiger partial charge in [0.2, 0.25) is 0 Å². The van der Waals surface area contributed by atoms with Crippen molar-refractivity contribution < 1.29 is 14.8 Å². The lowest BCUT2D eigenvalue weighted by atomic mass is 9.95. The molecule has 0 saturated carbocycles. The van der Waals surface area contributed by atoms with Crippen LogP contribution in [-0.4, -0.2) is 21.0 Å². The lowest BCUT2D eigenvalue weighted by molar-refractivity contribution is -0.384. The van der Waals surface area contributed by atoms with Crippen molar-refractivity contribution in [3.8, 4) is 0 Å². The van der Waals surface area contributed by atoms with Gasteiger partial charge in [0.25, 0.3) is 5.69 Å². The van der Waals surface area contributed by atoms with Gasteiger partial charge in [-0.15, -0.1) is 0 Å². The maximum atomic E-state index is 11.3. The van der Waals surface area contributed by atoms with Gasteiger partial charge in [0.15, 0.2) is 0 Å². The largest absolute Gasteiger partial charge is 0.481 e. The van der Waals surface area contributed by atoms with E-state index in [9.17, 15) is 24.8 Å². The highest BCUT2D eigenvalue weighted by Gasteiger charge is 2.22. The number of non-ortho nitro benzene ring substituents is 1.